The third kappa shape index (κ3) is 5.36. The van der Waals surface area contributed by atoms with E-state index in [0.29, 0.717) is 17.1 Å². The van der Waals surface area contributed by atoms with Gasteiger partial charge in [-0.1, -0.05) is 18.9 Å². The first kappa shape index (κ1) is 22.4. The number of rotatable bonds is 7. The van der Waals surface area contributed by atoms with Crippen molar-refractivity contribution in [2.45, 2.75) is 58.0 Å². The molecule has 3 aromatic rings. The Balaban J connectivity index is 1.46. The van der Waals surface area contributed by atoms with Crippen LogP contribution in [0.25, 0.3) is 0 Å². The molecule has 1 heterocycles. The number of aromatic nitrogens is 2. The van der Waals surface area contributed by atoms with E-state index in [1.165, 1.54) is 6.20 Å². The van der Waals surface area contributed by atoms with Gasteiger partial charge in [0.2, 0.25) is 5.95 Å². The van der Waals surface area contributed by atoms with E-state index in [9.17, 15) is 14.4 Å². The molecule has 0 unspecified atom stereocenters. The zero-order valence-corrected chi connectivity index (χ0v) is 19.0. The van der Waals surface area contributed by atoms with Crippen molar-refractivity contribution in [3.63, 3.8) is 0 Å². The second-order valence-electron chi connectivity index (χ2n) is 9.33. The molecular formula is C24H28N6O3. The normalized spacial score (nSPS) is 14.3. The number of hydrogen-bond acceptors (Lipinski definition) is 8. The summed E-state index contributed by atoms with van der Waals surface area (Å²) >= 11 is 0. The first-order valence-electron chi connectivity index (χ1n) is 11.1. The molecule has 0 aliphatic heterocycles. The van der Waals surface area contributed by atoms with E-state index in [2.05, 4.69) is 31.2 Å². The highest BCUT2D eigenvalue weighted by molar-refractivity contribution is 5.95. The molecule has 0 spiro atoms. The molecule has 0 saturated heterocycles. The molecular weight excluding hydrogens is 420 g/mol. The van der Waals surface area contributed by atoms with Crippen molar-refractivity contribution >= 4 is 34.7 Å². The summed E-state index contributed by atoms with van der Waals surface area (Å²) < 4.78 is 0. The molecule has 0 atom stereocenters. The molecule has 4 N–H and O–H groups in total. The second kappa shape index (κ2) is 9.01. The Morgan fingerprint density at radius 2 is 1.73 bits per heavy atom. The van der Waals surface area contributed by atoms with Gasteiger partial charge in [-0.25, -0.2) is 4.98 Å². The van der Waals surface area contributed by atoms with Gasteiger partial charge in [0.05, 0.1) is 0 Å². The molecule has 0 radical (unpaired) electrons. The number of amides is 1. The van der Waals surface area contributed by atoms with Gasteiger partial charge in [-0.2, -0.15) is 4.98 Å². The molecule has 1 aromatic heterocycles. The summed E-state index contributed by atoms with van der Waals surface area (Å²) in [6, 6.07) is 8.97. The van der Waals surface area contributed by atoms with Crippen LogP contribution < -0.4 is 32.1 Å². The van der Waals surface area contributed by atoms with Crippen LogP contribution in [-0.4, -0.2) is 27.5 Å². The first-order valence-corrected chi connectivity index (χ1v) is 11.1. The number of nitrogens with zero attached hydrogens (tertiary/aromatic N) is 2. The van der Waals surface area contributed by atoms with Gasteiger partial charge in [0, 0.05) is 29.0 Å². The molecule has 9 heteroatoms. The van der Waals surface area contributed by atoms with Crippen molar-refractivity contribution in [2.24, 2.45) is 0 Å². The highest BCUT2D eigenvalue weighted by Gasteiger charge is 2.25. The van der Waals surface area contributed by atoms with E-state index in [4.69, 9.17) is 0 Å². The summed E-state index contributed by atoms with van der Waals surface area (Å²) in [5.74, 6) is 0.560. The fourth-order valence-corrected chi connectivity index (χ4v) is 3.83. The van der Waals surface area contributed by atoms with E-state index in [0.717, 1.165) is 25.7 Å². The average molecular weight is 449 g/mol. The van der Waals surface area contributed by atoms with Crippen molar-refractivity contribution in [2.75, 3.05) is 16.0 Å². The van der Waals surface area contributed by atoms with E-state index in [-0.39, 0.29) is 34.8 Å². The van der Waals surface area contributed by atoms with Crippen molar-refractivity contribution in [1.29, 1.82) is 0 Å². The van der Waals surface area contributed by atoms with Gasteiger partial charge >= 0.3 is 0 Å². The van der Waals surface area contributed by atoms with Crippen LogP contribution in [0.1, 0.15) is 56.8 Å². The highest BCUT2D eigenvalue weighted by atomic mass is 16.2. The Bertz CT molecular complexity index is 1230. The molecule has 1 aliphatic rings. The van der Waals surface area contributed by atoms with Gasteiger partial charge in [0.15, 0.2) is 0 Å². The smallest absolute Gasteiger partial charge is 0.253 e. The van der Waals surface area contributed by atoms with Crippen LogP contribution in [0.4, 0.5) is 28.8 Å². The lowest BCUT2D eigenvalue weighted by Crippen LogP contribution is -2.41. The minimum atomic E-state index is -0.587. The fraction of sp³-hybridized carbons (Fsp3) is 0.375. The Morgan fingerprint density at radius 3 is 2.45 bits per heavy atom. The van der Waals surface area contributed by atoms with Gasteiger partial charge in [-0.3, -0.25) is 14.4 Å². The highest BCUT2D eigenvalue weighted by Crippen LogP contribution is 2.24. The molecule has 172 valence electrons. The maximum absolute atomic E-state index is 12.6. The molecule has 1 fully saturated rings. The summed E-state index contributed by atoms with van der Waals surface area (Å²) in [6.07, 6.45) is 5.89. The van der Waals surface area contributed by atoms with E-state index < -0.39 is 10.9 Å². The molecule has 4 rings (SSSR count). The summed E-state index contributed by atoms with van der Waals surface area (Å²) in [5.41, 5.74) is 0.153. The molecule has 0 bridgehead atoms. The zero-order chi connectivity index (χ0) is 23.6. The lowest BCUT2D eigenvalue weighted by atomic mass is 10.1. The number of anilines is 5. The third-order valence-corrected chi connectivity index (χ3v) is 5.39. The monoisotopic (exact) mass is 448 g/mol. The van der Waals surface area contributed by atoms with Crippen LogP contribution in [0.15, 0.2) is 46.1 Å². The van der Waals surface area contributed by atoms with Crippen molar-refractivity contribution in [3.8, 4) is 0 Å². The molecule has 9 nitrogen and oxygen atoms in total. The maximum atomic E-state index is 12.6. The van der Waals surface area contributed by atoms with Crippen LogP contribution >= 0.6 is 0 Å². The van der Waals surface area contributed by atoms with Crippen LogP contribution in [0.3, 0.4) is 0 Å². The number of hydrogen-bond donors (Lipinski definition) is 4. The van der Waals surface area contributed by atoms with Crippen molar-refractivity contribution in [1.82, 2.24) is 15.3 Å². The van der Waals surface area contributed by atoms with Crippen molar-refractivity contribution < 1.29 is 4.79 Å². The standard InChI is InChI=1S/C24H28N6O3/c1-24(2,3)30-19-18(20(31)21(19)32)28-17-11-12-25-23(29-17)27-16-10-6-7-14(13-16)22(33)26-15-8-4-5-9-15/h6-7,10-13,15,30H,4-5,8-9H2,1-3H3,(H,26,33)(H2,25,27,28,29). The predicted octanol–water partition coefficient (Wildman–Crippen LogP) is 3.44. The quantitative estimate of drug-likeness (QED) is 0.405. The van der Waals surface area contributed by atoms with E-state index in [1.54, 1.807) is 24.3 Å². The van der Waals surface area contributed by atoms with Gasteiger partial charge in [0.1, 0.15) is 17.2 Å². The Morgan fingerprint density at radius 1 is 1.00 bits per heavy atom. The van der Waals surface area contributed by atoms with Crippen molar-refractivity contribution in [3.05, 3.63) is 62.5 Å². The fourth-order valence-electron chi connectivity index (χ4n) is 3.83. The molecule has 1 amide bonds. The maximum Gasteiger partial charge on any atom is 0.253 e. The minimum absolute atomic E-state index is 0.0964. The SMILES string of the molecule is CC(C)(C)Nc1c(Nc2ccnc(Nc3cccc(C(=O)NC4CCCC4)c3)n2)c(=O)c1=O. The topological polar surface area (TPSA) is 125 Å². The van der Waals surface area contributed by atoms with E-state index >= 15 is 0 Å². The van der Waals surface area contributed by atoms with Crippen LogP contribution in [0, 0.1) is 0 Å². The Labute approximate surface area is 191 Å². The number of carbonyl (C=O) groups is 1. The number of benzene rings is 1. The lowest BCUT2D eigenvalue weighted by molar-refractivity contribution is 0.0938. The average Bonchev–Trinajstić information content (AvgIpc) is 3.29. The summed E-state index contributed by atoms with van der Waals surface area (Å²) in [4.78, 5) is 45.2. The lowest BCUT2D eigenvalue weighted by Gasteiger charge is -2.24. The number of carbonyl (C=O) groups excluding carboxylic acids is 1. The van der Waals surface area contributed by atoms with E-state index in [1.807, 2.05) is 26.8 Å². The van der Waals surface area contributed by atoms with Gasteiger partial charge < -0.3 is 21.3 Å². The van der Waals surface area contributed by atoms with Crippen LogP contribution in [0.2, 0.25) is 0 Å². The predicted molar refractivity (Wildman–Crippen MR) is 129 cm³/mol. The number of nitrogens with one attached hydrogen (secondary N) is 4. The first-order chi connectivity index (χ1) is 15.7. The largest absolute Gasteiger partial charge is 0.375 e. The van der Waals surface area contributed by atoms with Gasteiger partial charge in [0.25, 0.3) is 16.8 Å². The third-order valence-electron chi connectivity index (χ3n) is 5.39. The van der Waals surface area contributed by atoms with Gasteiger partial charge in [-0.15, -0.1) is 0 Å². The second-order valence-corrected chi connectivity index (χ2v) is 9.33. The summed E-state index contributed by atoms with van der Waals surface area (Å²) in [6.45, 7) is 5.72. The molecule has 1 saturated carbocycles. The van der Waals surface area contributed by atoms with Gasteiger partial charge in [-0.05, 0) is 57.9 Å². The molecule has 33 heavy (non-hydrogen) atoms. The summed E-state index contributed by atoms with van der Waals surface area (Å²) in [5, 5.41) is 12.1. The summed E-state index contributed by atoms with van der Waals surface area (Å²) in [7, 11) is 0. The Kier molecular flexibility index (Phi) is 6.13. The van der Waals surface area contributed by atoms with Crippen LogP contribution in [0.5, 0.6) is 0 Å². The Hall–Kier alpha value is -3.75. The molecule has 1 aliphatic carbocycles. The molecule has 2 aromatic carbocycles. The van der Waals surface area contributed by atoms with Crippen LogP contribution in [-0.2, 0) is 0 Å². The zero-order valence-electron chi connectivity index (χ0n) is 19.0. The minimum Gasteiger partial charge on any atom is -0.375 e.